The van der Waals surface area contributed by atoms with Gasteiger partial charge in [0.2, 0.25) is 0 Å². The van der Waals surface area contributed by atoms with E-state index in [0.29, 0.717) is 24.5 Å². The molecule has 4 rings (SSSR count). The Morgan fingerprint density at radius 3 is 2.45 bits per heavy atom. The first-order valence-corrected chi connectivity index (χ1v) is 15.2. The summed E-state index contributed by atoms with van der Waals surface area (Å²) >= 11 is 0. The highest BCUT2D eigenvalue weighted by atomic mass is 16.5. The van der Waals surface area contributed by atoms with Crippen LogP contribution in [0.2, 0.25) is 0 Å². The van der Waals surface area contributed by atoms with Crippen molar-refractivity contribution in [1.82, 2.24) is 4.90 Å². The van der Waals surface area contributed by atoms with Gasteiger partial charge in [-0.25, -0.2) is 4.79 Å². The monoisotopic (exact) mass is 571 g/mol. The number of rotatable bonds is 14. The van der Waals surface area contributed by atoms with Gasteiger partial charge in [0.15, 0.2) is 0 Å². The first-order valence-electron chi connectivity index (χ1n) is 15.2. The molecule has 3 aromatic rings. The van der Waals surface area contributed by atoms with E-state index < -0.39 is 0 Å². The van der Waals surface area contributed by atoms with Crippen LogP contribution in [0.5, 0.6) is 5.75 Å². The molecule has 1 aliphatic carbocycles. The molecule has 6 nitrogen and oxygen atoms in total. The third-order valence-corrected chi connectivity index (χ3v) is 8.27. The summed E-state index contributed by atoms with van der Waals surface area (Å²) in [6.45, 7) is 6.69. The molecule has 0 heterocycles. The Morgan fingerprint density at radius 1 is 0.929 bits per heavy atom. The maximum atomic E-state index is 12.2. The van der Waals surface area contributed by atoms with Crippen molar-refractivity contribution >= 4 is 11.9 Å². The van der Waals surface area contributed by atoms with Crippen LogP contribution in [0.25, 0.3) is 0 Å². The molecule has 0 aliphatic heterocycles. The second-order valence-corrected chi connectivity index (χ2v) is 11.4. The number of nitrogens with zero attached hydrogens (tertiary/aromatic N) is 1. The van der Waals surface area contributed by atoms with E-state index >= 15 is 0 Å². The highest BCUT2D eigenvalue weighted by Gasteiger charge is 2.27. The van der Waals surface area contributed by atoms with Gasteiger partial charge >= 0.3 is 11.9 Å². The van der Waals surface area contributed by atoms with Crippen molar-refractivity contribution < 1.29 is 23.8 Å². The average Bonchev–Trinajstić information content (AvgIpc) is 3.02. The van der Waals surface area contributed by atoms with Gasteiger partial charge in [0, 0.05) is 19.0 Å². The van der Waals surface area contributed by atoms with Gasteiger partial charge in [-0.15, -0.1) is 0 Å². The van der Waals surface area contributed by atoms with E-state index in [0.717, 1.165) is 62.9 Å². The zero-order valence-corrected chi connectivity index (χ0v) is 25.6. The highest BCUT2D eigenvalue weighted by Crippen LogP contribution is 2.36. The van der Waals surface area contributed by atoms with Crippen molar-refractivity contribution in [3.63, 3.8) is 0 Å². The minimum atomic E-state index is -0.299. The number of para-hydroxylation sites is 1. The quantitative estimate of drug-likeness (QED) is 0.148. The van der Waals surface area contributed by atoms with Crippen molar-refractivity contribution in [2.24, 2.45) is 0 Å². The summed E-state index contributed by atoms with van der Waals surface area (Å²) in [7, 11) is 2.86. The fourth-order valence-electron chi connectivity index (χ4n) is 5.80. The van der Waals surface area contributed by atoms with Gasteiger partial charge in [-0.05, 0) is 97.0 Å². The molecule has 0 saturated carbocycles. The number of aryl methyl sites for hydroxylation is 1. The fourth-order valence-corrected chi connectivity index (χ4v) is 5.80. The van der Waals surface area contributed by atoms with Crippen molar-refractivity contribution in [1.29, 1.82) is 0 Å². The van der Waals surface area contributed by atoms with Gasteiger partial charge in [-0.3, -0.25) is 9.69 Å². The average molecular weight is 572 g/mol. The molecule has 224 valence electrons. The molecule has 0 saturated heterocycles. The van der Waals surface area contributed by atoms with Crippen LogP contribution in [0, 0.1) is 0 Å². The fraction of sp³-hybridized carbons (Fsp3) is 0.444. The van der Waals surface area contributed by atoms with Crippen LogP contribution < -0.4 is 4.74 Å². The first kappa shape index (κ1) is 31.3. The Morgan fingerprint density at radius 2 is 1.71 bits per heavy atom. The number of methoxy groups -OCH3 is 2. The Labute approximate surface area is 251 Å². The SMILES string of the molecule is COC(=O)CCCCN(CCc1ccccc1OCc1ccc(C(C)C)cc1)C1CCCc2cc(C(=O)OC)ccc21. The molecule has 0 fully saturated rings. The number of unbranched alkanes of at least 4 members (excludes halogenated alkanes) is 1. The lowest BCUT2D eigenvalue weighted by molar-refractivity contribution is -0.140. The number of esters is 2. The van der Waals surface area contributed by atoms with E-state index in [2.05, 4.69) is 67.3 Å². The van der Waals surface area contributed by atoms with E-state index in [9.17, 15) is 9.59 Å². The second-order valence-electron chi connectivity index (χ2n) is 11.4. The molecular formula is C36H45NO5. The van der Waals surface area contributed by atoms with Crippen molar-refractivity contribution in [3.05, 3.63) is 100 Å². The molecule has 1 unspecified atom stereocenters. The summed E-state index contributed by atoms with van der Waals surface area (Å²) < 4.78 is 16.1. The van der Waals surface area contributed by atoms with Gasteiger partial charge < -0.3 is 14.2 Å². The Bertz CT molecular complexity index is 1320. The van der Waals surface area contributed by atoms with Gasteiger partial charge in [-0.1, -0.05) is 62.4 Å². The molecule has 0 spiro atoms. The van der Waals surface area contributed by atoms with Gasteiger partial charge in [0.05, 0.1) is 19.8 Å². The molecule has 6 heteroatoms. The topological polar surface area (TPSA) is 65.1 Å². The number of fused-ring (bicyclic) bond motifs is 1. The van der Waals surface area contributed by atoms with Crippen LogP contribution in [-0.2, 0) is 33.7 Å². The maximum absolute atomic E-state index is 12.2. The first-order chi connectivity index (χ1) is 20.4. The highest BCUT2D eigenvalue weighted by molar-refractivity contribution is 5.89. The van der Waals surface area contributed by atoms with Gasteiger partial charge in [-0.2, -0.15) is 0 Å². The Hall–Kier alpha value is -3.64. The number of ether oxygens (including phenoxy) is 3. The molecule has 42 heavy (non-hydrogen) atoms. The molecule has 0 N–H and O–H groups in total. The zero-order valence-electron chi connectivity index (χ0n) is 25.6. The van der Waals surface area contributed by atoms with Crippen LogP contribution in [0.1, 0.15) is 96.1 Å². The van der Waals surface area contributed by atoms with E-state index in [4.69, 9.17) is 14.2 Å². The lowest BCUT2D eigenvalue weighted by Gasteiger charge is -2.36. The molecule has 3 aromatic carbocycles. The van der Waals surface area contributed by atoms with Gasteiger partial charge in [0.25, 0.3) is 0 Å². The van der Waals surface area contributed by atoms with E-state index in [1.54, 1.807) is 0 Å². The van der Waals surface area contributed by atoms with Crippen LogP contribution in [0.4, 0.5) is 0 Å². The Kier molecular flexibility index (Phi) is 11.6. The number of benzene rings is 3. The van der Waals surface area contributed by atoms with Gasteiger partial charge in [0.1, 0.15) is 12.4 Å². The summed E-state index contributed by atoms with van der Waals surface area (Å²) in [5.41, 5.74) is 6.79. The van der Waals surface area contributed by atoms with Crippen molar-refractivity contribution in [3.8, 4) is 5.75 Å². The number of carbonyl (C=O) groups is 2. The van der Waals surface area contributed by atoms with Crippen LogP contribution in [-0.4, -0.2) is 44.1 Å². The molecule has 0 bridgehead atoms. The third-order valence-electron chi connectivity index (χ3n) is 8.27. The summed E-state index contributed by atoms with van der Waals surface area (Å²) in [4.78, 5) is 26.4. The summed E-state index contributed by atoms with van der Waals surface area (Å²) in [6, 6.07) is 23.2. The van der Waals surface area contributed by atoms with Crippen molar-refractivity contribution in [2.45, 2.75) is 77.4 Å². The smallest absolute Gasteiger partial charge is 0.337 e. The summed E-state index contributed by atoms with van der Waals surface area (Å²) in [6.07, 6.45) is 6.07. The lowest BCUT2D eigenvalue weighted by Crippen LogP contribution is -2.34. The number of carbonyl (C=O) groups excluding carboxylic acids is 2. The van der Waals surface area contributed by atoms with E-state index in [1.165, 1.54) is 36.5 Å². The maximum Gasteiger partial charge on any atom is 0.337 e. The van der Waals surface area contributed by atoms with E-state index in [-0.39, 0.29) is 18.0 Å². The predicted molar refractivity (Wildman–Crippen MR) is 166 cm³/mol. The summed E-state index contributed by atoms with van der Waals surface area (Å²) in [5, 5.41) is 0. The zero-order chi connectivity index (χ0) is 29.9. The van der Waals surface area contributed by atoms with Crippen molar-refractivity contribution in [2.75, 3.05) is 27.3 Å². The van der Waals surface area contributed by atoms with E-state index in [1.807, 2.05) is 18.2 Å². The van der Waals surface area contributed by atoms with Crippen LogP contribution in [0.15, 0.2) is 66.7 Å². The molecule has 0 amide bonds. The molecule has 1 atom stereocenters. The van der Waals surface area contributed by atoms with Crippen LogP contribution >= 0.6 is 0 Å². The lowest BCUT2D eigenvalue weighted by atomic mass is 9.85. The normalized spacial score (nSPS) is 14.5. The minimum Gasteiger partial charge on any atom is -0.489 e. The largest absolute Gasteiger partial charge is 0.489 e. The second kappa shape index (κ2) is 15.5. The number of hydrogen-bond donors (Lipinski definition) is 0. The molecule has 0 radical (unpaired) electrons. The molecule has 1 aliphatic rings. The molecular weight excluding hydrogens is 526 g/mol. The third kappa shape index (κ3) is 8.45. The van der Waals surface area contributed by atoms with Crippen LogP contribution in [0.3, 0.4) is 0 Å². The summed E-state index contributed by atoms with van der Waals surface area (Å²) in [5.74, 6) is 0.967. The predicted octanol–water partition coefficient (Wildman–Crippen LogP) is 7.44. The standard InChI is InChI=1S/C36H45NO5/c1-26(2)28-17-15-27(16-18-28)25-42-34-13-6-5-10-29(34)21-23-37(22-8-7-14-35(38)40-3)33-12-9-11-30-24-31(36(39)41-4)19-20-32(30)33/h5-6,10,13,15-20,24,26,33H,7-9,11-12,14,21-23,25H2,1-4H3. The minimum absolute atomic E-state index is 0.162. The number of hydrogen-bond acceptors (Lipinski definition) is 6. The molecule has 0 aromatic heterocycles. The Balaban J connectivity index is 1.48.